The fraction of sp³-hybridized carbons (Fsp3) is 0.667. The number of carbonyl (C=O) groups excluding carboxylic acids is 1. The molecule has 0 radical (unpaired) electrons. The van der Waals surface area contributed by atoms with Crippen molar-refractivity contribution in [3.05, 3.63) is 23.8 Å². The van der Waals surface area contributed by atoms with Gasteiger partial charge in [-0.3, -0.25) is 4.79 Å². The van der Waals surface area contributed by atoms with Gasteiger partial charge in [-0.25, -0.2) is 0 Å². The van der Waals surface area contributed by atoms with Gasteiger partial charge in [0.15, 0.2) is 0 Å². The van der Waals surface area contributed by atoms with E-state index in [2.05, 4.69) is 24.8 Å². The van der Waals surface area contributed by atoms with Crippen LogP contribution >= 0.6 is 12.6 Å². The van der Waals surface area contributed by atoms with Crippen molar-refractivity contribution in [1.29, 1.82) is 0 Å². The second kappa shape index (κ2) is 9.21. The number of ether oxygens (including phenoxy) is 2. The van der Waals surface area contributed by atoms with Crippen LogP contribution in [0.25, 0.3) is 0 Å². The van der Waals surface area contributed by atoms with E-state index in [1.165, 1.54) is 6.92 Å². The van der Waals surface area contributed by atoms with Crippen molar-refractivity contribution in [2.45, 2.75) is 50.9 Å². The average Bonchev–Trinajstić information content (AvgIpc) is 2.87. The zero-order chi connectivity index (χ0) is 14.1. The molecule has 1 aliphatic rings. The zero-order valence-corrected chi connectivity index (χ0v) is 12.7. The third-order valence-corrected chi connectivity index (χ3v) is 3.59. The Morgan fingerprint density at radius 2 is 2.42 bits per heavy atom. The second-order valence-electron chi connectivity index (χ2n) is 4.82. The molecular weight excluding hydrogens is 260 g/mol. The van der Waals surface area contributed by atoms with Crippen molar-refractivity contribution in [3.8, 4) is 0 Å². The van der Waals surface area contributed by atoms with Gasteiger partial charge < -0.3 is 9.47 Å². The maximum Gasteiger partial charge on any atom is 0.302 e. The van der Waals surface area contributed by atoms with Crippen LogP contribution in [0.2, 0.25) is 0 Å². The Morgan fingerprint density at radius 3 is 3.00 bits per heavy atom. The van der Waals surface area contributed by atoms with Crippen LogP contribution in [0.5, 0.6) is 0 Å². The lowest BCUT2D eigenvalue weighted by Crippen LogP contribution is -2.10. The molecule has 0 saturated heterocycles. The first-order chi connectivity index (χ1) is 9.11. The lowest BCUT2D eigenvalue weighted by atomic mass is 10.0. The van der Waals surface area contributed by atoms with Gasteiger partial charge in [0.1, 0.15) is 6.61 Å². The Labute approximate surface area is 121 Å². The van der Waals surface area contributed by atoms with E-state index in [-0.39, 0.29) is 5.97 Å². The number of thiol groups is 1. The maximum atomic E-state index is 10.8. The summed E-state index contributed by atoms with van der Waals surface area (Å²) < 4.78 is 10.5. The minimum Gasteiger partial charge on any atom is -0.461 e. The molecular formula is C15H24O3S. The van der Waals surface area contributed by atoms with Gasteiger partial charge in [-0.2, -0.15) is 12.6 Å². The van der Waals surface area contributed by atoms with Gasteiger partial charge in [0.05, 0.1) is 12.7 Å². The van der Waals surface area contributed by atoms with Crippen LogP contribution in [0, 0.1) is 0 Å². The minimum atomic E-state index is -0.236. The van der Waals surface area contributed by atoms with Gasteiger partial charge in [0.2, 0.25) is 0 Å². The van der Waals surface area contributed by atoms with Gasteiger partial charge in [-0.15, -0.1) is 0 Å². The zero-order valence-electron chi connectivity index (χ0n) is 11.8. The Hall–Kier alpha value is -0.740. The van der Waals surface area contributed by atoms with E-state index in [1.54, 1.807) is 0 Å². The molecule has 108 valence electrons. The first-order valence-electron chi connectivity index (χ1n) is 6.85. The number of carbonyl (C=O) groups is 1. The molecule has 2 atom stereocenters. The SMILES string of the molecule is CC=C(COC(C)=O)CC(S)CCCC1C=CCO1. The van der Waals surface area contributed by atoms with E-state index >= 15 is 0 Å². The van der Waals surface area contributed by atoms with Crippen molar-refractivity contribution in [1.82, 2.24) is 0 Å². The Bertz CT molecular complexity index is 336. The molecule has 0 fully saturated rings. The fourth-order valence-corrected chi connectivity index (χ4v) is 2.45. The normalized spacial score (nSPS) is 20.6. The smallest absolute Gasteiger partial charge is 0.302 e. The van der Waals surface area contributed by atoms with E-state index in [4.69, 9.17) is 9.47 Å². The van der Waals surface area contributed by atoms with Crippen LogP contribution in [0.1, 0.15) is 39.5 Å². The number of hydrogen-bond donors (Lipinski definition) is 1. The molecule has 2 unspecified atom stereocenters. The average molecular weight is 284 g/mol. The molecule has 1 aliphatic heterocycles. The van der Waals surface area contributed by atoms with Crippen LogP contribution in [0.3, 0.4) is 0 Å². The number of esters is 1. The molecule has 1 heterocycles. The van der Waals surface area contributed by atoms with Crippen molar-refractivity contribution in [2.24, 2.45) is 0 Å². The lowest BCUT2D eigenvalue weighted by Gasteiger charge is -2.14. The van der Waals surface area contributed by atoms with E-state index in [0.717, 1.165) is 37.9 Å². The molecule has 4 heteroatoms. The predicted molar refractivity (Wildman–Crippen MR) is 80.5 cm³/mol. The topological polar surface area (TPSA) is 35.5 Å². The summed E-state index contributed by atoms with van der Waals surface area (Å²) in [6, 6.07) is 0. The summed E-state index contributed by atoms with van der Waals surface area (Å²) in [7, 11) is 0. The largest absolute Gasteiger partial charge is 0.461 e. The third-order valence-electron chi connectivity index (χ3n) is 3.15. The molecule has 0 saturated carbocycles. The monoisotopic (exact) mass is 284 g/mol. The van der Waals surface area contributed by atoms with Gasteiger partial charge in [0.25, 0.3) is 0 Å². The second-order valence-corrected chi connectivity index (χ2v) is 5.55. The molecule has 0 spiro atoms. The highest BCUT2D eigenvalue weighted by Crippen LogP contribution is 2.19. The maximum absolute atomic E-state index is 10.8. The molecule has 0 aromatic carbocycles. The van der Waals surface area contributed by atoms with Crippen molar-refractivity contribution in [2.75, 3.05) is 13.2 Å². The summed E-state index contributed by atoms with van der Waals surface area (Å²) in [6.07, 6.45) is 10.6. The minimum absolute atomic E-state index is 0.236. The molecule has 0 bridgehead atoms. The van der Waals surface area contributed by atoms with E-state index in [9.17, 15) is 4.79 Å². The van der Waals surface area contributed by atoms with Gasteiger partial charge >= 0.3 is 5.97 Å². The summed E-state index contributed by atoms with van der Waals surface area (Å²) in [5.41, 5.74) is 1.13. The van der Waals surface area contributed by atoms with E-state index < -0.39 is 0 Å². The highest BCUT2D eigenvalue weighted by molar-refractivity contribution is 7.80. The summed E-state index contributed by atoms with van der Waals surface area (Å²) >= 11 is 4.60. The highest BCUT2D eigenvalue weighted by Gasteiger charge is 2.12. The standard InChI is InChI=1S/C15H24O3S/c1-3-13(11-18-12(2)16)10-15(19)8-4-6-14-7-5-9-17-14/h3,5,7,14-15,19H,4,6,8-11H2,1-2H3. The van der Waals surface area contributed by atoms with E-state index in [1.807, 2.05) is 13.0 Å². The molecule has 0 aromatic heterocycles. The van der Waals surface area contributed by atoms with Crippen molar-refractivity contribution in [3.63, 3.8) is 0 Å². The number of rotatable bonds is 8. The van der Waals surface area contributed by atoms with Crippen LogP contribution in [0.4, 0.5) is 0 Å². The van der Waals surface area contributed by atoms with Crippen molar-refractivity contribution >= 4 is 18.6 Å². The van der Waals surface area contributed by atoms with Crippen LogP contribution in [-0.4, -0.2) is 30.5 Å². The Morgan fingerprint density at radius 1 is 1.63 bits per heavy atom. The van der Waals surface area contributed by atoms with Crippen LogP contribution < -0.4 is 0 Å². The van der Waals surface area contributed by atoms with Gasteiger partial charge in [-0.05, 0) is 38.2 Å². The molecule has 1 rings (SSSR count). The Kier molecular flexibility index (Phi) is 7.91. The number of hydrogen-bond acceptors (Lipinski definition) is 4. The Balaban J connectivity index is 2.15. The third kappa shape index (κ3) is 7.43. The van der Waals surface area contributed by atoms with Crippen LogP contribution in [-0.2, 0) is 14.3 Å². The van der Waals surface area contributed by atoms with Gasteiger partial charge in [-0.1, -0.05) is 18.2 Å². The summed E-state index contributed by atoms with van der Waals surface area (Å²) in [5, 5.41) is 0.312. The summed E-state index contributed by atoms with van der Waals surface area (Å²) in [4.78, 5) is 10.8. The molecule has 3 nitrogen and oxygen atoms in total. The molecule has 0 aromatic rings. The lowest BCUT2D eigenvalue weighted by molar-refractivity contribution is -0.140. The van der Waals surface area contributed by atoms with Crippen molar-refractivity contribution < 1.29 is 14.3 Å². The number of allylic oxidation sites excluding steroid dienone is 1. The van der Waals surface area contributed by atoms with Gasteiger partial charge in [0, 0.05) is 12.2 Å². The van der Waals surface area contributed by atoms with E-state index in [0.29, 0.717) is 18.0 Å². The quantitative estimate of drug-likeness (QED) is 0.422. The molecule has 0 aliphatic carbocycles. The first kappa shape index (κ1) is 16.3. The van der Waals surface area contributed by atoms with Crippen LogP contribution in [0.15, 0.2) is 23.8 Å². The molecule has 19 heavy (non-hydrogen) atoms. The fourth-order valence-electron chi connectivity index (χ4n) is 2.04. The first-order valence-corrected chi connectivity index (χ1v) is 7.37. The molecule has 0 N–H and O–H groups in total. The predicted octanol–water partition coefficient (Wildman–Crippen LogP) is 3.31. The summed E-state index contributed by atoms with van der Waals surface area (Å²) in [5.74, 6) is -0.236. The summed E-state index contributed by atoms with van der Waals surface area (Å²) in [6.45, 7) is 4.54. The molecule has 0 amide bonds. The highest BCUT2D eigenvalue weighted by atomic mass is 32.1.